The van der Waals surface area contributed by atoms with Crippen molar-refractivity contribution in [1.82, 2.24) is 4.98 Å². The fourth-order valence-corrected chi connectivity index (χ4v) is 2.32. The Labute approximate surface area is 83.1 Å². The Kier molecular flexibility index (Phi) is 1.64. The Balaban J connectivity index is 2.08. The summed E-state index contributed by atoms with van der Waals surface area (Å²) in [5, 5.41) is 1.37. The first-order chi connectivity index (χ1) is 6.90. The Hall–Kier alpha value is -1.28. The Morgan fingerprint density at radius 2 is 2.29 bits per heavy atom. The van der Waals surface area contributed by atoms with Crippen molar-refractivity contribution in [2.45, 2.75) is 12.3 Å². The molecule has 2 nitrogen and oxygen atoms in total. The van der Waals surface area contributed by atoms with Crippen molar-refractivity contribution in [1.29, 1.82) is 0 Å². The summed E-state index contributed by atoms with van der Waals surface area (Å²) in [6, 6.07) is 8.64. The molecule has 1 aromatic heterocycles. The second-order valence-corrected chi connectivity index (χ2v) is 4.12. The maximum atomic E-state index is 5.67. The van der Waals surface area contributed by atoms with E-state index in [1.165, 1.54) is 22.9 Å². The van der Waals surface area contributed by atoms with Gasteiger partial charge in [-0.2, -0.15) is 0 Å². The number of benzene rings is 1. The van der Waals surface area contributed by atoms with E-state index in [1.54, 1.807) is 0 Å². The minimum Gasteiger partial charge on any atom is -0.361 e. The van der Waals surface area contributed by atoms with Gasteiger partial charge in [0.15, 0.2) is 0 Å². The molecule has 1 aromatic carbocycles. The highest BCUT2D eigenvalue weighted by Gasteiger charge is 2.37. The second-order valence-electron chi connectivity index (χ2n) is 4.12. The van der Waals surface area contributed by atoms with Gasteiger partial charge in [0.25, 0.3) is 0 Å². The van der Waals surface area contributed by atoms with E-state index in [1.807, 2.05) is 6.20 Å². The van der Waals surface area contributed by atoms with Crippen LogP contribution < -0.4 is 5.73 Å². The summed E-state index contributed by atoms with van der Waals surface area (Å²) in [7, 11) is 0. The van der Waals surface area contributed by atoms with E-state index in [2.05, 4.69) is 29.2 Å². The molecule has 0 spiro atoms. The van der Waals surface area contributed by atoms with Gasteiger partial charge in [0, 0.05) is 17.1 Å². The van der Waals surface area contributed by atoms with Gasteiger partial charge >= 0.3 is 0 Å². The number of hydrogen-bond donors (Lipinski definition) is 2. The number of fused-ring (bicyclic) bond motifs is 1. The van der Waals surface area contributed by atoms with Crippen LogP contribution in [0.3, 0.4) is 0 Å². The molecule has 3 N–H and O–H groups in total. The fraction of sp³-hybridized carbons (Fsp3) is 0.333. The topological polar surface area (TPSA) is 41.8 Å². The van der Waals surface area contributed by atoms with Crippen molar-refractivity contribution in [3.05, 3.63) is 36.0 Å². The number of H-pyrrole nitrogens is 1. The molecule has 2 unspecified atom stereocenters. The lowest BCUT2D eigenvalue weighted by Crippen LogP contribution is -2.01. The summed E-state index contributed by atoms with van der Waals surface area (Å²) in [5.74, 6) is 1.43. The second kappa shape index (κ2) is 2.85. The molecule has 0 amide bonds. The van der Waals surface area contributed by atoms with Crippen molar-refractivity contribution in [2.75, 3.05) is 6.54 Å². The van der Waals surface area contributed by atoms with Gasteiger partial charge in [-0.25, -0.2) is 0 Å². The van der Waals surface area contributed by atoms with Crippen LogP contribution in [0, 0.1) is 5.92 Å². The first-order valence-electron chi connectivity index (χ1n) is 5.16. The summed E-state index contributed by atoms with van der Waals surface area (Å²) in [4.78, 5) is 3.24. The monoisotopic (exact) mass is 186 g/mol. The molecule has 0 aliphatic heterocycles. The smallest absolute Gasteiger partial charge is 0.0456 e. The average molecular weight is 186 g/mol. The molecule has 1 fully saturated rings. The van der Waals surface area contributed by atoms with Crippen LogP contribution in [-0.2, 0) is 0 Å². The average Bonchev–Trinajstić information content (AvgIpc) is 2.85. The lowest BCUT2D eigenvalue weighted by Gasteiger charge is -2.01. The predicted octanol–water partition coefficient (Wildman–Crippen LogP) is 2.23. The summed E-state index contributed by atoms with van der Waals surface area (Å²) < 4.78 is 0. The van der Waals surface area contributed by atoms with Crippen LogP contribution in [0.15, 0.2) is 30.5 Å². The third kappa shape index (κ3) is 1.07. The molecular weight excluding hydrogens is 172 g/mol. The minimum absolute atomic E-state index is 0.708. The van der Waals surface area contributed by atoms with Crippen molar-refractivity contribution >= 4 is 10.9 Å². The molecule has 1 heterocycles. The molecule has 1 aliphatic rings. The lowest BCUT2D eigenvalue weighted by atomic mass is 10.0. The lowest BCUT2D eigenvalue weighted by molar-refractivity contribution is 0.812. The molecular formula is C12H14N2. The molecule has 2 aromatic rings. The SMILES string of the molecule is NCC1CC1c1cccc2[nH]ccc12. The van der Waals surface area contributed by atoms with Gasteiger partial charge in [0.1, 0.15) is 0 Å². The standard InChI is InChI=1S/C12H14N2/c13-7-8-6-11(8)9-2-1-3-12-10(9)4-5-14-12/h1-5,8,11,14H,6-7,13H2. The molecule has 72 valence electrons. The first-order valence-corrected chi connectivity index (χ1v) is 5.16. The summed E-state index contributed by atoms with van der Waals surface area (Å²) >= 11 is 0. The molecule has 1 aliphatic carbocycles. The Morgan fingerprint density at radius 3 is 3.07 bits per heavy atom. The van der Waals surface area contributed by atoms with Crippen LogP contribution in [-0.4, -0.2) is 11.5 Å². The van der Waals surface area contributed by atoms with E-state index in [9.17, 15) is 0 Å². The quantitative estimate of drug-likeness (QED) is 0.742. The van der Waals surface area contributed by atoms with Gasteiger partial charge in [-0.1, -0.05) is 12.1 Å². The zero-order valence-corrected chi connectivity index (χ0v) is 8.03. The maximum Gasteiger partial charge on any atom is 0.0456 e. The zero-order chi connectivity index (χ0) is 9.54. The Bertz CT molecular complexity index is 458. The molecule has 14 heavy (non-hydrogen) atoms. The van der Waals surface area contributed by atoms with Gasteiger partial charge in [-0.3, -0.25) is 0 Å². The molecule has 0 radical (unpaired) electrons. The zero-order valence-electron chi connectivity index (χ0n) is 8.03. The molecule has 2 atom stereocenters. The maximum absolute atomic E-state index is 5.67. The fourth-order valence-electron chi connectivity index (χ4n) is 2.32. The van der Waals surface area contributed by atoms with Crippen LogP contribution in [0.5, 0.6) is 0 Å². The number of aromatic nitrogens is 1. The number of rotatable bonds is 2. The number of aromatic amines is 1. The summed E-state index contributed by atoms with van der Waals surface area (Å²) in [6.45, 7) is 0.825. The number of nitrogens with two attached hydrogens (primary N) is 1. The van der Waals surface area contributed by atoms with Gasteiger partial charge in [0.2, 0.25) is 0 Å². The van der Waals surface area contributed by atoms with E-state index >= 15 is 0 Å². The predicted molar refractivity (Wildman–Crippen MR) is 58.2 cm³/mol. The van der Waals surface area contributed by atoms with Crippen LogP contribution >= 0.6 is 0 Å². The number of nitrogens with one attached hydrogen (secondary N) is 1. The van der Waals surface area contributed by atoms with Crippen LogP contribution in [0.4, 0.5) is 0 Å². The molecule has 3 rings (SSSR count). The highest BCUT2D eigenvalue weighted by molar-refractivity contribution is 5.83. The van der Waals surface area contributed by atoms with Crippen LogP contribution in [0.25, 0.3) is 10.9 Å². The molecule has 0 saturated heterocycles. The van der Waals surface area contributed by atoms with E-state index in [0.717, 1.165) is 12.5 Å². The summed E-state index contributed by atoms with van der Waals surface area (Å²) in [6.07, 6.45) is 3.27. The van der Waals surface area contributed by atoms with Crippen molar-refractivity contribution in [3.63, 3.8) is 0 Å². The molecule has 0 bridgehead atoms. The number of hydrogen-bond acceptors (Lipinski definition) is 1. The van der Waals surface area contributed by atoms with Crippen molar-refractivity contribution < 1.29 is 0 Å². The Morgan fingerprint density at radius 1 is 1.36 bits per heavy atom. The van der Waals surface area contributed by atoms with Crippen LogP contribution in [0.2, 0.25) is 0 Å². The third-order valence-corrected chi connectivity index (χ3v) is 3.25. The third-order valence-electron chi connectivity index (χ3n) is 3.25. The van der Waals surface area contributed by atoms with Gasteiger partial charge in [-0.05, 0) is 42.5 Å². The van der Waals surface area contributed by atoms with Gasteiger partial charge < -0.3 is 10.7 Å². The van der Waals surface area contributed by atoms with E-state index in [0.29, 0.717) is 5.92 Å². The van der Waals surface area contributed by atoms with Crippen molar-refractivity contribution in [3.8, 4) is 0 Å². The van der Waals surface area contributed by atoms with Crippen LogP contribution in [0.1, 0.15) is 17.9 Å². The molecule has 2 heteroatoms. The minimum atomic E-state index is 0.708. The molecule has 1 saturated carbocycles. The highest BCUT2D eigenvalue weighted by Crippen LogP contribution is 2.48. The summed E-state index contributed by atoms with van der Waals surface area (Å²) in [5.41, 5.74) is 8.39. The van der Waals surface area contributed by atoms with E-state index in [-0.39, 0.29) is 0 Å². The van der Waals surface area contributed by atoms with E-state index < -0.39 is 0 Å². The normalized spacial score (nSPS) is 25.5. The first kappa shape index (κ1) is 8.06. The van der Waals surface area contributed by atoms with Gasteiger partial charge in [0.05, 0.1) is 0 Å². The van der Waals surface area contributed by atoms with E-state index in [4.69, 9.17) is 5.73 Å². The van der Waals surface area contributed by atoms with Crippen molar-refractivity contribution in [2.24, 2.45) is 11.7 Å². The van der Waals surface area contributed by atoms with Gasteiger partial charge in [-0.15, -0.1) is 0 Å². The highest BCUT2D eigenvalue weighted by atomic mass is 14.7. The largest absolute Gasteiger partial charge is 0.361 e.